The van der Waals surface area contributed by atoms with Gasteiger partial charge in [-0.25, -0.2) is 0 Å². The van der Waals surface area contributed by atoms with Gasteiger partial charge in [-0.2, -0.15) is 5.10 Å². The third-order valence-electron chi connectivity index (χ3n) is 3.15. The van der Waals surface area contributed by atoms with Crippen molar-refractivity contribution < 1.29 is 9.59 Å². The van der Waals surface area contributed by atoms with Crippen molar-refractivity contribution in [2.45, 2.75) is 27.3 Å². The summed E-state index contributed by atoms with van der Waals surface area (Å²) < 4.78 is 1.61. The van der Waals surface area contributed by atoms with Gasteiger partial charge < -0.3 is 10.6 Å². The maximum atomic E-state index is 12.1. The molecule has 0 aliphatic rings. The Labute approximate surface area is 129 Å². The highest BCUT2D eigenvalue weighted by Crippen LogP contribution is 2.09. The second kappa shape index (κ2) is 6.89. The topological polar surface area (TPSA) is 76.0 Å². The standard InChI is InChI=1S/C16H20N4O2/c1-4-20-14(9-12(3)19-20)16(22)17-10-15(21)18-13-7-5-6-11(2)8-13/h5-9H,4,10H2,1-3H3,(H,17,22)(H,18,21). The summed E-state index contributed by atoms with van der Waals surface area (Å²) in [5.74, 6) is -0.569. The minimum absolute atomic E-state index is 0.0826. The van der Waals surface area contributed by atoms with Crippen LogP contribution in [0.2, 0.25) is 0 Å². The van der Waals surface area contributed by atoms with E-state index in [-0.39, 0.29) is 18.4 Å². The molecule has 1 heterocycles. The predicted molar refractivity (Wildman–Crippen MR) is 84.8 cm³/mol. The molecule has 0 spiro atoms. The number of amides is 2. The molecule has 1 aromatic heterocycles. The molecule has 0 unspecified atom stereocenters. The van der Waals surface area contributed by atoms with Crippen LogP contribution in [0.25, 0.3) is 0 Å². The van der Waals surface area contributed by atoms with E-state index in [2.05, 4.69) is 15.7 Å². The number of carbonyl (C=O) groups excluding carboxylic acids is 2. The number of aromatic nitrogens is 2. The van der Waals surface area contributed by atoms with Crippen LogP contribution in [0.1, 0.15) is 28.7 Å². The first-order valence-corrected chi connectivity index (χ1v) is 7.18. The van der Waals surface area contributed by atoms with Crippen molar-refractivity contribution in [3.8, 4) is 0 Å². The van der Waals surface area contributed by atoms with E-state index in [0.717, 1.165) is 11.3 Å². The highest BCUT2D eigenvalue weighted by atomic mass is 16.2. The molecule has 2 N–H and O–H groups in total. The Hall–Kier alpha value is -2.63. The molecule has 0 aliphatic carbocycles. The zero-order valence-electron chi connectivity index (χ0n) is 13.0. The number of hydrogen-bond acceptors (Lipinski definition) is 3. The van der Waals surface area contributed by atoms with Gasteiger partial charge >= 0.3 is 0 Å². The average molecular weight is 300 g/mol. The van der Waals surface area contributed by atoms with E-state index in [4.69, 9.17) is 0 Å². The highest BCUT2D eigenvalue weighted by molar-refractivity contribution is 5.98. The lowest BCUT2D eigenvalue weighted by atomic mass is 10.2. The molecule has 0 radical (unpaired) electrons. The lowest BCUT2D eigenvalue weighted by molar-refractivity contribution is -0.115. The molecule has 2 rings (SSSR count). The van der Waals surface area contributed by atoms with Gasteiger partial charge in [0, 0.05) is 12.2 Å². The molecule has 0 bridgehead atoms. The minimum Gasteiger partial charge on any atom is -0.342 e. The van der Waals surface area contributed by atoms with E-state index in [9.17, 15) is 9.59 Å². The molecule has 116 valence electrons. The maximum absolute atomic E-state index is 12.1. The average Bonchev–Trinajstić information content (AvgIpc) is 2.86. The molecule has 6 heteroatoms. The molecule has 1 aromatic carbocycles. The number of carbonyl (C=O) groups is 2. The molecule has 2 aromatic rings. The molecule has 0 atom stereocenters. The van der Waals surface area contributed by atoms with Gasteiger partial charge in [-0.1, -0.05) is 12.1 Å². The van der Waals surface area contributed by atoms with Gasteiger partial charge in [0.2, 0.25) is 5.91 Å². The molecule has 0 aliphatic heterocycles. The number of anilines is 1. The zero-order chi connectivity index (χ0) is 16.1. The van der Waals surface area contributed by atoms with Crippen molar-refractivity contribution in [1.29, 1.82) is 0 Å². The number of rotatable bonds is 5. The largest absolute Gasteiger partial charge is 0.342 e. The second-order valence-corrected chi connectivity index (χ2v) is 5.09. The van der Waals surface area contributed by atoms with E-state index >= 15 is 0 Å². The van der Waals surface area contributed by atoms with Crippen LogP contribution in [0, 0.1) is 13.8 Å². The van der Waals surface area contributed by atoms with Crippen molar-refractivity contribution in [1.82, 2.24) is 15.1 Å². The molecule has 22 heavy (non-hydrogen) atoms. The Kier molecular flexibility index (Phi) is 4.93. The molecule has 0 fully saturated rings. The third kappa shape index (κ3) is 3.94. The Bertz CT molecular complexity index is 691. The van der Waals surface area contributed by atoms with Crippen LogP contribution < -0.4 is 10.6 Å². The summed E-state index contributed by atoms with van der Waals surface area (Å²) in [6, 6.07) is 9.20. The minimum atomic E-state index is -0.304. The second-order valence-electron chi connectivity index (χ2n) is 5.09. The smallest absolute Gasteiger partial charge is 0.269 e. The van der Waals surface area contributed by atoms with Crippen molar-refractivity contribution in [2.24, 2.45) is 0 Å². The zero-order valence-corrected chi connectivity index (χ0v) is 13.0. The summed E-state index contributed by atoms with van der Waals surface area (Å²) in [6.45, 7) is 6.21. The molecule has 6 nitrogen and oxygen atoms in total. The van der Waals surface area contributed by atoms with Crippen LogP contribution in [0.4, 0.5) is 5.69 Å². The Morgan fingerprint density at radius 1 is 1.23 bits per heavy atom. The monoisotopic (exact) mass is 300 g/mol. The normalized spacial score (nSPS) is 10.3. The summed E-state index contributed by atoms with van der Waals surface area (Å²) in [7, 11) is 0. The fourth-order valence-electron chi connectivity index (χ4n) is 2.15. The van der Waals surface area contributed by atoms with Crippen LogP contribution in [0.3, 0.4) is 0 Å². The fraction of sp³-hybridized carbons (Fsp3) is 0.312. The van der Waals surface area contributed by atoms with Crippen molar-refractivity contribution in [3.63, 3.8) is 0 Å². The first-order valence-electron chi connectivity index (χ1n) is 7.18. The summed E-state index contributed by atoms with van der Waals surface area (Å²) >= 11 is 0. The number of nitrogens with zero attached hydrogens (tertiary/aromatic N) is 2. The molecule has 0 saturated carbocycles. The number of hydrogen-bond donors (Lipinski definition) is 2. The van der Waals surface area contributed by atoms with Gasteiger partial charge in [0.25, 0.3) is 5.91 Å². The molecule has 2 amide bonds. The lowest BCUT2D eigenvalue weighted by Crippen LogP contribution is -2.34. The van der Waals surface area contributed by atoms with Gasteiger partial charge in [0.15, 0.2) is 0 Å². The van der Waals surface area contributed by atoms with E-state index in [1.54, 1.807) is 10.7 Å². The van der Waals surface area contributed by atoms with Crippen LogP contribution in [0.5, 0.6) is 0 Å². The number of nitrogens with one attached hydrogen (secondary N) is 2. The van der Waals surface area contributed by atoms with Gasteiger partial charge in [-0.15, -0.1) is 0 Å². The van der Waals surface area contributed by atoms with Crippen LogP contribution in [0.15, 0.2) is 30.3 Å². The van der Waals surface area contributed by atoms with Crippen LogP contribution in [-0.2, 0) is 11.3 Å². The number of aryl methyl sites for hydroxylation is 3. The van der Waals surface area contributed by atoms with Gasteiger partial charge in [0.05, 0.1) is 12.2 Å². The van der Waals surface area contributed by atoms with E-state index in [0.29, 0.717) is 17.9 Å². The van der Waals surface area contributed by atoms with Crippen LogP contribution in [-0.4, -0.2) is 28.1 Å². The highest BCUT2D eigenvalue weighted by Gasteiger charge is 2.14. The Balaban J connectivity index is 1.92. The first-order chi connectivity index (χ1) is 10.5. The van der Waals surface area contributed by atoms with Gasteiger partial charge in [0.1, 0.15) is 5.69 Å². The first kappa shape index (κ1) is 15.8. The Morgan fingerprint density at radius 3 is 2.68 bits per heavy atom. The van der Waals surface area contributed by atoms with Crippen molar-refractivity contribution >= 4 is 17.5 Å². The Morgan fingerprint density at radius 2 is 2.00 bits per heavy atom. The van der Waals surface area contributed by atoms with Crippen LogP contribution >= 0.6 is 0 Å². The molecular weight excluding hydrogens is 280 g/mol. The molecule has 0 saturated heterocycles. The summed E-state index contributed by atoms with van der Waals surface area (Å²) in [4.78, 5) is 24.0. The SMILES string of the molecule is CCn1nc(C)cc1C(=O)NCC(=O)Nc1cccc(C)c1. The third-order valence-corrected chi connectivity index (χ3v) is 3.15. The van der Waals surface area contributed by atoms with Crippen molar-refractivity contribution in [3.05, 3.63) is 47.3 Å². The lowest BCUT2D eigenvalue weighted by Gasteiger charge is -2.08. The van der Waals surface area contributed by atoms with Gasteiger partial charge in [-0.05, 0) is 44.5 Å². The summed E-state index contributed by atoms with van der Waals surface area (Å²) in [5.41, 5.74) is 3.01. The van der Waals surface area contributed by atoms with E-state index in [1.807, 2.05) is 45.0 Å². The maximum Gasteiger partial charge on any atom is 0.269 e. The van der Waals surface area contributed by atoms with Gasteiger partial charge in [-0.3, -0.25) is 14.3 Å². The summed E-state index contributed by atoms with van der Waals surface area (Å²) in [5, 5.41) is 9.57. The number of benzene rings is 1. The quantitative estimate of drug-likeness (QED) is 0.885. The molecular formula is C16H20N4O2. The fourth-order valence-corrected chi connectivity index (χ4v) is 2.15. The summed E-state index contributed by atoms with van der Waals surface area (Å²) in [6.07, 6.45) is 0. The van der Waals surface area contributed by atoms with E-state index < -0.39 is 0 Å². The van der Waals surface area contributed by atoms with E-state index in [1.165, 1.54) is 0 Å². The van der Waals surface area contributed by atoms with Crippen molar-refractivity contribution in [2.75, 3.05) is 11.9 Å². The predicted octanol–water partition coefficient (Wildman–Crippen LogP) is 1.89.